The zero-order chi connectivity index (χ0) is 21.0. The van der Waals surface area contributed by atoms with Gasteiger partial charge >= 0.3 is 5.97 Å². The van der Waals surface area contributed by atoms with E-state index in [1.165, 1.54) is 19.2 Å². The number of hydrogen-bond donors (Lipinski definition) is 2. The lowest BCUT2D eigenvalue weighted by molar-refractivity contribution is -0.124. The zero-order valence-corrected chi connectivity index (χ0v) is 16.8. The Morgan fingerprint density at radius 2 is 1.86 bits per heavy atom. The fraction of sp³-hybridized carbons (Fsp3) is 0.182. The summed E-state index contributed by atoms with van der Waals surface area (Å²) in [6.07, 6.45) is 0. The number of carbonyl (C=O) groups is 2. The van der Waals surface area contributed by atoms with Gasteiger partial charge in [0.25, 0.3) is 5.91 Å². The second-order valence-electron chi connectivity index (χ2n) is 6.51. The van der Waals surface area contributed by atoms with Crippen LogP contribution < -0.4 is 15.8 Å². The van der Waals surface area contributed by atoms with Crippen LogP contribution >= 0.6 is 11.6 Å². The van der Waals surface area contributed by atoms with Gasteiger partial charge in [-0.2, -0.15) is 0 Å². The normalized spacial score (nSPS) is 11.7. The van der Waals surface area contributed by atoms with Crippen molar-refractivity contribution in [1.29, 1.82) is 0 Å². The second-order valence-corrected chi connectivity index (χ2v) is 6.91. The third kappa shape index (κ3) is 4.60. The molecule has 3 rings (SSSR count). The molecule has 0 saturated carbocycles. The minimum atomic E-state index is -0.725. The highest BCUT2D eigenvalue weighted by molar-refractivity contribution is 6.33. The monoisotopic (exact) mass is 412 g/mol. The summed E-state index contributed by atoms with van der Waals surface area (Å²) >= 11 is 5.97. The number of halogens is 1. The maximum absolute atomic E-state index is 12.3. The third-order valence-corrected chi connectivity index (χ3v) is 4.87. The van der Waals surface area contributed by atoms with Crippen molar-refractivity contribution in [3.8, 4) is 5.75 Å². The van der Waals surface area contributed by atoms with Crippen LogP contribution in [0.15, 0.2) is 54.6 Å². The molecule has 0 radical (unpaired) electrons. The first-order valence-corrected chi connectivity index (χ1v) is 9.35. The summed E-state index contributed by atoms with van der Waals surface area (Å²) in [5, 5.41) is 5.20. The van der Waals surface area contributed by atoms with Gasteiger partial charge in [0, 0.05) is 6.07 Å². The van der Waals surface area contributed by atoms with Gasteiger partial charge in [0.2, 0.25) is 0 Å². The smallest absolute Gasteiger partial charge is 0.342 e. The molecule has 0 fully saturated rings. The van der Waals surface area contributed by atoms with E-state index in [1.807, 2.05) is 49.4 Å². The number of anilines is 1. The quantitative estimate of drug-likeness (QED) is 0.469. The van der Waals surface area contributed by atoms with Crippen LogP contribution in [0.1, 0.15) is 28.9 Å². The Morgan fingerprint density at radius 3 is 2.62 bits per heavy atom. The van der Waals surface area contributed by atoms with Crippen molar-refractivity contribution >= 4 is 39.9 Å². The highest BCUT2D eigenvalue weighted by atomic mass is 35.5. The Hall–Kier alpha value is -3.25. The lowest BCUT2D eigenvalue weighted by atomic mass is 10.00. The van der Waals surface area contributed by atoms with Gasteiger partial charge in [0.15, 0.2) is 6.61 Å². The molecule has 7 heteroatoms. The number of carbonyl (C=O) groups excluding carboxylic acids is 2. The number of ether oxygens (including phenoxy) is 2. The standard InChI is InChI=1S/C22H21ClN2O4/c1-13(15-9-5-7-14-6-3-4-8-16(14)15)25-21(26)12-29-22(27)17-10-18(23)19(24)11-20(17)28-2/h3-11,13H,12,24H2,1-2H3,(H,25,26)/t13-/m1/s1. The zero-order valence-electron chi connectivity index (χ0n) is 16.1. The van der Waals surface area contributed by atoms with Gasteiger partial charge < -0.3 is 20.5 Å². The highest BCUT2D eigenvalue weighted by Gasteiger charge is 2.19. The van der Waals surface area contributed by atoms with Gasteiger partial charge in [-0.3, -0.25) is 4.79 Å². The first kappa shape index (κ1) is 20.5. The summed E-state index contributed by atoms with van der Waals surface area (Å²) in [4.78, 5) is 24.6. The Balaban J connectivity index is 1.65. The number of hydrogen-bond acceptors (Lipinski definition) is 5. The fourth-order valence-electron chi connectivity index (χ4n) is 3.10. The average Bonchev–Trinajstić information content (AvgIpc) is 2.73. The molecular weight excluding hydrogens is 392 g/mol. The summed E-state index contributed by atoms with van der Waals surface area (Å²) in [6, 6.07) is 16.4. The number of nitrogen functional groups attached to an aromatic ring is 1. The molecule has 3 N–H and O–H groups in total. The van der Waals surface area contributed by atoms with E-state index in [1.54, 1.807) is 0 Å². The largest absolute Gasteiger partial charge is 0.496 e. The molecule has 0 spiro atoms. The van der Waals surface area contributed by atoms with Gasteiger partial charge in [-0.05, 0) is 29.3 Å². The molecule has 0 aliphatic carbocycles. The number of amides is 1. The van der Waals surface area contributed by atoms with Crippen LogP contribution in [0.5, 0.6) is 5.75 Å². The molecule has 1 atom stereocenters. The number of methoxy groups -OCH3 is 1. The van der Waals surface area contributed by atoms with E-state index in [9.17, 15) is 9.59 Å². The lowest BCUT2D eigenvalue weighted by Gasteiger charge is -2.17. The molecular formula is C22H21ClN2O4. The van der Waals surface area contributed by atoms with Gasteiger partial charge in [-0.15, -0.1) is 0 Å². The van der Waals surface area contributed by atoms with Crippen LogP contribution in [0.4, 0.5) is 5.69 Å². The van der Waals surface area contributed by atoms with Gasteiger partial charge in [-0.1, -0.05) is 54.1 Å². The predicted octanol–water partition coefficient (Wildman–Crippen LogP) is 4.12. The molecule has 6 nitrogen and oxygen atoms in total. The summed E-state index contributed by atoms with van der Waals surface area (Å²) in [7, 11) is 1.40. The van der Waals surface area contributed by atoms with E-state index in [2.05, 4.69) is 5.32 Å². The first-order valence-electron chi connectivity index (χ1n) is 8.98. The molecule has 1 amide bonds. The minimum absolute atomic E-state index is 0.0987. The molecule has 3 aromatic carbocycles. The third-order valence-electron chi connectivity index (χ3n) is 4.54. The molecule has 0 bridgehead atoms. The molecule has 0 aliphatic heterocycles. The van der Waals surface area contributed by atoms with E-state index >= 15 is 0 Å². The molecule has 29 heavy (non-hydrogen) atoms. The SMILES string of the molecule is COc1cc(N)c(Cl)cc1C(=O)OCC(=O)N[C@H](C)c1cccc2ccccc12. The Bertz CT molecular complexity index is 1060. The molecule has 0 aromatic heterocycles. The predicted molar refractivity (Wildman–Crippen MR) is 113 cm³/mol. The maximum Gasteiger partial charge on any atom is 0.342 e. The van der Waals surface area contributed by atoms with Crippen molar-refractivity contribution in [3.05, 3.63) is 70.7 Å². The van der Waals surface area contributed by atoms with E-state index in [0.29, 0.717) is 0 Å². The number of nitrogens with one attached hydrogen (secondary N) is 1. The molecule has 3 aromatic rings. The van der Waals surface area contributed by atoms with E-state index in [0.717, 1.165) is 16.3 Å². The number of nitrogens with two attached hydrogens (primary N) is 1. The van der Waals surface area contributed by atoms with Crippen LogP contribution in [0, 0.1) is 0 Å². The van der Waals surface area contributed by atoms with Crippen molar-refractivity contribution < 1.29 is 19.1 Å². The van der Waals surface area contributed by atoms with E-state index < -0.39 is 18.5 Å². The summed E-state index contributed by atoms with van der Waals surface area (Å²) < 4.78 is 10.3. The van der Waals surface area contributed by atoms with E-state index in [-0.39, 0.29) is 28.1 Å². The highest BCUT2D eigenvalue weighted by Crippen LogP contribution is 2.29. The molecule has 150 valence electrons. The number of esters is 1. The van der Waals surface area contributed by atoms with E-state index in [4.69, 9.17) is 26.8 Å². The van der Waals surface area contributed by atoms with Crippen LogP contribution in [0.3, 0.4) is 0 Å². The molecule has 0 heterocycles. The summed E-state index contributed by atoms with van der Waals surface area (Å²) in [6.45, 7) is 1.45. The summed E-state index contributed by atoms with van der Waals surface area (Å²) in [5.74, 6) is -0.919. The van der Waals surface area contributed by atoms with Crippen LogP contribution in [-0.4, -0.2) is 25.6 Å². The average molecular weight is 413 g/mol. The Morgan fingerprint density at radius 1 is 1.14 bits per heavy atom. The van der Waals surface area contributed by atoms with Crippen LogP contribution in [0.2, 0.25) is 5.02 Å². The van der Waals surface area contributed by atoms with Gasteiger partial charge in [-0.25, -0.2) is 4.79 Å². The Kier molecular flexibility index (Phi) is 6.24. The van der Waals surface area contributed by atoms with Crippen molar-refractivity contribution in [3.63, 3.8) is 0 Å². The van der Waals surface area contributed by atoms with Crippen LogP contribution in [0.25, 0.3) is 10.8 Å². The minimum Gasteiger partial charge on any atom is -0.496 e. The fourth-order valence-corrected chi connectivity index (χ4v) is 3.26. The number of benzene rings is 3. The van der Waals surface area contributed by atoms with Crippen molar-refractivity contribution in [2.75, 3.05) is 19.5 Å². The van der Waals surface area contributed by atoms with Gasteiger partial charge in [0.1, 0.15) is 11.3 Å². The molecule has 0 aliphatic rings. The van der Waals surface area contributed by atoms with Crippen molar-refractivity contribution in [2.24, 2.45) is 0 Å². The topological polar surface area (TPSA) is 90.7 Å². The molecule has 0 saturated heterocycles. The second kappa shape index (κ2) is 8.84. The summed E-state index contributed by atoms with van der Waals surface area (Å²) in [5.41, 5.74) is 7.07. The maximum atomic E-state index is 12.3. The van der Waals surface area contributed by atoms with Gasteiger partial charge in [0.05, 0.1) is 23.9 Å². The number of fused-ring (bicyclic) bond motifs is 1. The van der Waals surface area contributed by atoms with Crippen molar-refractivity contribution in [1.82, 2.24) is 5.32 Å². The first-order chi connectivity index (χ1) is 13.9. The van der Waals surface area contributed by atoms with Crippen molar-refractivity contribution in [2.45, 2.75) is 13.0 Å². The lowest BCUT2D eigenvalue weighted by Crippen LogP contribution is -2.31. The molecule has 0 unspecified atom stereocenters. The van der Waals surface area contributed by atoms with Crippen LogP contribution in [-0.2, 0) is 9.53 Å². The number of rotatable bonds is 6. The Labute approximate surface area is 173 Å².